The highest BCUT2D eigenvalue weighted by atomic mass is 16.3. The zero-order valence-corrected chi connectivity index (χ0v) is 29.4. The molecule has 0 spiro atoms. The molecule has 4 bridgehead atoms. The van der Waals surface area contributed by atoms with Crippen LogP contribution in [0.1, 0.15) is 49.7 Å². The number of nitrogens with one attached hydrogen (secondary N) is 5. The van der Waals surface area contributed by atoms with Gasteiger partial charge in [-0.15, -0.1) is 0 Å². The van der Waals surface area contributed by atoms with Crippen LogP contribution in [0.25, 0.3) is 11.1 Å². The number of hydrogen-bond acceptors (Lipinski definition) is 12. The molecule has 17 nitrogen and oxygen atoms in total. The van der Waals surface area contributed by atoms with Crippen molar-refractivity contribution in [2.24, 2.45) is 28.7 Å². The minimum absolute atomic E-state index is 0.0410. The van der Waals surface area contributed by atoms with Crippen molar-refractivity contribution in [2.75, 3.05) is 32.7 Å². The number of carbonyl (C=O) groups excluding carboxylic acids is 5. The summed E-state index contributed by atoms with van der Waals surface area (Å²) in [5, 5.41) is 34.9. The Morgan fingerprint density at radius 1 is 0.731 bits per heavy atom. The summed E-state index contributed by atoms with van der Waals surface area (Å²) < 4.78 is 0. The Kier molecular flexibility index (Phi) is 16.7. The number of rotatable bonds is 16. The lowest BCUT2D eigenvalue weighted by Crippen LogP contribution is -2.59. The van der Waals surface area contributed by atoms with Gasteiger partial charge in [-0.3, -0.25) is 24.0 Å². The fourth-order valence-corrected chi connectivity index (χ4v) is 5.80. The Bertz CT molecular complexity index is 1540. The van der Waals surface area contributed by atoms with Gasteiger partial charge in [0, 0.05) is 25.9 Å². The molecular weight excluding hydrogens is 672 g/mol. The third-order valence-electron chi connectivity index (χ3n) is 8.76. The molecule has 3 rings (SSSR count). The lowest BCUT2D eigenvalue weighted by molar-refractivity contribution is -0.135. The highest BCUT2D eigenvalue weighted by molar-refractivity contribution is 5.96. The Balaban J connectivity index is 2.02. The van der Waals surface area contributed by atoms with Crippen LogP contribution >= 0.6 is 0 Å². The molecule has 0 saturated carbocycles. The van der Waals surface area contributed by atoms with Crippen molar-refractivity contribution in [2.45, 2.75) is 81.6 Å². The molecule has 0 radical (unpaired) electrons. The quantitative estimate of drug-likeness (QED) is 0.0849. The number of amides is 5. The largest absolute Gasteiger partial charge is 0.508 e. The van der Waals surface area contributed by atoms with Crippen LogP contribution in [0, 0.1) is 0 Å². The Morgan fingerprint density at radius 3 is 1.85 bits per heavy atom. The molecule has 5 amide bonds. The van der Waals surface area contributed by atoms with E-state index in [0.29, 0.717) is 41.5 Å². The first kappa shape index (κ1) is 41.6. The molecule has 286 valence electrons. The molecule has 0 fully saturated rings. The average Bonchev–Trinajstić information content (AvgIpc) is 3.13. The SMILES string of the molecule is NCCC[C@H](NC(=O)[C@H](CCCN)NC(=O)[C@@H]1Cc2cc(ccc2O)-c2ccc(O)c(c2)C[C@H](N)C(=O)N[C@@H](CCCN)C(=O)N1)C(=O)NCCN. The smallest absolute Gasteiger partial charge is 0.243 e. The van der Waals surface area contributed by atoms with E-state index in [4.69, 9.17) is 28.7 Å². The summed E-state index contributed by atoms with van der Waals surface area (Å²) in [6.45, 7) is 1.10. The van der Waals surface area contributed by atoms with Crippen LogP contribution in [0.2, 0.25) is 0 Å². The van der Waals surface area contributed by atoms with Gasteiger partial charge in [0.15, 0.2) is 0 Å². The zero-order chi connectivity index (χ0) is 38.2. The monoisotopic (exact) mass is 726 g/mol. The lowest BCUT2D eigenvalue weighted by atomic mass is 9.95. The number of nitrogens with two attached hydrogens (primary N) is 5. The Labute approximate surface area is 303 Å². The van der Waals surface area contributed by atoms with Crippen LogP contribution < -0.4 is 55.3 Å². The van der Waals surface area contributed by atoms with Crippen molar-refractivity contribution in [1.29, 1.82) is 0 Å². The van der Waals surface area contributed by atoms with Crippen molar-refractivity contribution in [3.63, 3.8) is 0 Å². The van der Waals surface area contributed by atoms with Gasteiger partial charge in [0.2, 0.25) is 29.5 Å². The van der Waals surface area contributed by atoms with Crippen LogP contribution in [-0.4, -0.2) is 103 Å². The van der Waals surface area contributed by atoms with Gasteiger partial charge in [0.25, 0.3) is 0 Å². The first-order valence-corrected chi connectivity index (χ1v) is 17.6. The van der Waals surface area contributed by atoms with E-state index in [2.05, 4.69) is 26.6 Å². The third kappa shape index (κ3) is 12.2. The van der Waals surface area contributed by atoms with Crippen LogP contribution in [-0.2, 0) is 36.8 Å². The summed E-state index contributed by atoms with van der Waals surface area (Å²) in [4.78, 5) is 67.5. The maximum Gasteiger partial charge on any atom is 0.243 e. The minimum Gasteiger partial charge on any atom is -0.508 e. The number of phenolic OH excluding ortho intramolecular Hbond substituents is 2. The standard InChI is InChI=1S/C35H54N10O7/c36-11-1-4-25(32(49)41-15-14-39)43-33(50)27(6-3-13-38)44-35(52)28-19-23-17-21(8-10-30(23)47)20-7-9-29(46)22(16-20)18-24(40)31(48)42-26(5-2-12-37)34(51)45-28/h7-10,16-17,24-28,46-47H,1-6,11-15,18-19,36-40H2,(H,41,49)(H,42,48)(H,43,50)(H,44,52)(H,45,51)/t24-,25-,26-,27-,28-/m0/s1. The number of aromatic hydroxyl groups is 2. The van der Waals surface area contributed by atoms with Gasteiger partial charge in [-0.2, -0.15) is 0 Å². The van der Waals surface area contributed by atoms with E-state index in [1.807, 2.05) is 0 Å². The van der Waals surface area contributed by atoms with Crippen LogP contribution in [0.15, 0.2) is 36.4 Å². The van der Waals surface area contributed by atoms with E-state index in [0.717, 1.165) is 0 Å². The summed E-state index contributed by atoms with van der Waals surface area (Å²) in [5.74, 6) is -3.47. The summed E-state index contributed by atoms with van der Waals surface area (Å²) in [6.07, 6.45) is 1.34. The molecule has 52 heavy (non-hydrogen) atoms. The molecule has 2 aromatic rings. The fourth-order valence-electron chi connectivity index (χ4n) is 5.80. The van der Waals surface area contributed by atoms with Crippen molar-refractivity contribution in [1.82, 2.24) is 26.6 Å². The Morgan fingerprint density at radius 2 is 1.29 bits per heavy atom. The molecule has 17 heteroatoms. The van der Waals surface area contributed by atoms with Gasteiger partial charge in [-0.25, -0.2) is 0 Å². The average molecular weight is 727 g/mol. The lowest BCUT2D eigenvalue weighted by Gasteiger charge is -2.27. The van der Waals surface area contributed by atoms with Crippen molar-refractivity contribution in [3.8, 4) is 22.6 Å². The van der Waals surface area contributed by atoms with E-state index >= 15 is 0 Å². The first-order chi connectivity index (χ1) is 24.9. The van der Waals surface area contributed by atoms with E-state index in [1.54, 1.807) is 24.3 Å². The molecule has 1 aliphatic rings. The molecule has 0 aromatic heterocycles. The molecule has 1 heterocycles. The maximum atomic E-state index is 14.1. The number of benzene rings is 2. The number of hydrogen-bond donors (Lipinski definition) is 12. The van der Waals surface area contributed by atoms with E-state index in [9.17, 15) is 34.2 Å². The second kappa shape index (κ2) is 20.9. The van der Waals surface area contributed by atoms with Gasteiger partial charge in [-0.05, 0) is 105 Å². The van der Waals surface area contributed by atoms with Gasteiger partial charge >= 0.3 is 0 Å². The molecule has 5 atom stereocenters. The number of carbonyl (C=O) groups is 5. The van der Waals surface area contributed by atoms with Crippen molar-refractivity contribution >= 4 is 29.5 Å². The predicted octanol–water partition coefficient (Wildman–Crippen LogP) is -2.58. The third-order valence-corrected chi connectivity index (χ3v) is 8.76. The molecule has 0 aliphatic carbocycles. The van der Waals surface area contributed by atoms with Crippen molar-refractivity contribution < 1.29 is 34.2 Å². The first-order valence-electron chi connectivity index (χ1n) is 17.6. The molecule has 0 unspecified atom stereocenters. The normalized spacial score (nSPS) is 18.8. The van der Waals surface area contributed by atoms with E-state index < -0.39 is 59.7 Å². The summed E-state index contributed by atoms with van der Waals surface area (Å²) >= 11 is 0. The van der Waals surface area contributed by atoms with Crippen LogP contribution in [0.3, 0.4) is 0 Å². The topological polar surface area (TPSA) is 316 Å². The van der Waals surface area contributed by atoms with Crippen LogP contribution in [0.4, 0.5) is 0 Å². The molecule has 2 aromatic carbocycles. The highest BCUT2D eigenvalue weighted by Crippen LogP contribution is 2.31. The molecule has 17 N–H and O–H groups in total. The molecule has 0 saturated heterocycles. The van der Waals surface area contributed by atoms with Gasteiger partial charge < -0.3 is 65.5 Å². The van der Waals surface area contributed by atoms with Gasteiger partial charge in [-0.1, -0.05) is 12.1 Å². The molecular formula is C35H54N10O7. The van der Waals surface area contributed by atoms with Crippen LogP contribution in [0.5, 0.6) is 11.5 Å². The fraction of sp³-hybridized carbons (Fsp3) is 0.514. The predicted molar refractivity (Wildman–Crippen MR) is 195 cm³/mol. The highest BCUT2D eigenvalue weighted by Gasteiger charge is 2.32. The number of fused-ring (bicyclic) bond motifs is 5. The minimum atomic E-state index is -1.35. The second-order valence-electron chi connectivity index (χ2n) is 12.8. The van der Waals surface area contributed by atoms with Crippen molar-refractivity contribution in [3.05, 3.63) is 47.5 Å². The summed E-state index contributed by atoms with van der Waals surface area (Å²) in [5.41, 5.74) is 30.8. The van der Waals surface area contributed by atoms with Gasteiger partial charge in [0.05, 0.1) is 6.04 Å². The van der Waals surface area contributed by atoms with Gasteiger partial charge in [0.1, 0.15) is 35.7 Å². The second-order valence-corrected chi connectivity index (χ2v) is 12.8. The summed E-state index contributed by atoms with van der Waals surface area (Å²) in [6, 6.07) is 3.80. The Hall–Kier alpha value is -4.81. The summed E-state index contributed by atoms with van der Waals surface area (Å²) in [7, 11) is 0. The van der Waals surface area contributed by atoms with E-state index in [-0.39, 0.29) is 76.3 Å². The molecule has 1 aliphatic heterocycles. The number of phenols is 2. The zero-order valence-electron chi connectivity index (χ0n) is 29.4. The maximum absolute atomic E-state index is 14.1. The van der Waals surface area contributed by atoms with E-state index in [1.165, 1.54) is 12.1 Å².